The molecule has 1 aromatic rings. The van der Waals surface area contributed by atoms with E-state index in [1.807, 2.05) is 29.2 Å². The Bertz CT molecular complexity index is 575. The second-order valence-corrected chi connectivity index (χ2v) is 7.77. The van der Waals surface area contributed by atoms with Gasteiger partial charge in [0.15, 0.2) is 0 Å². The molecular weight excluding hydrogens is 340 g/mol. The zero-order valence-corrected chi connectivity index (χ0v) is 17.4. The first kappa shape index (κ1) is 21.7. The highest BCUT2D eigenvalue weighted by Crippen LogP contribution is 2.33. The smallest absolute Gasteiger partial charge is 0.227 e. The maximum absolute atomic E-state index is 13.0. The number of likely N-dealkylation sites (tertiary alicyclic amines) is 1. The van der Waals surface area contributed by atoms with Gasteiger partial charge in [0.25, 0.3) is 0 Å². The predicted molar refractivity (Wildman–Crippen MR) is 109 cm³/mol. The third kappa shape index (κ3) is 5.69. The van der Waals surface area contributed by atoms with Crippen LogP contribution in [0.2, 0.25) is 0 Å². The molecule has 0 spiro atoms. The third-order valence-corrected chi connectivity index (χ3v) is 5.89. The second-order valence-electron chi connectivity index (χ2n) is 7.77. The van der Waals surface area contributed by atoms with E-state index in [-0.39, 0.29) is 18.6 Å². The minimum absolute atomic E-state index is 0.0388. The summed E-state index contributed by atoms with van der Waals surface area (Å²) in [6.07, 6.45) is 3.77. The topological polar surface area (TPSA) is 53.0 Å². The van der Waals surface area contributed by atoms with E-state index in [1.54, 1.807) is 7.11 Å². The van der Waals surface area contributed by atoms with Gasteiger partial charge in [0, 0.05) is 13.1 Å². The highest BCUT2D eigenvalue weighted by molar-refractivity contribution is 5.79. The number of nitrogens with zero attached hydrogens (tertiary/aromatic N) is 2. The average Bonchev–Trinajstić information content (AvgIpc) is 3.04. The third-order valence-electron chi connectivity index (χ3n) is 5.89. The van der Waals surface area contributed by atoms with E-state index in [2.05, 4.69) is 25.8 Å². The highest BCUT2D eigenvalue weighted by atomic mass is 16.5. The lowest BCUT2D eigenvalue weighted by atomic mass is 9.88. The monoisotopic (exact) mass is 376 g/mol. The van der Waals surface area contributed by atoms with Gasteiger partial charge >= 0.3 is 0 Å². The van der Waals surface area contributed by atoms with Gasteiger partial charge in [0.05, 0.1) is 26.2 Å². The molecule has 3 atom stereocenters. The van der Waals surface area contributed by atoms with E-state index < -0.39 is 0 Å². The zero-order valence-electron chi connectivity index (χ0n) is 17.4. The molecule has 1 saturated heterocycles. The number of rotatable bonds is 10. The molecule has 0 bridgehead atoms. The Morgan fingerprint density at radius 1 is 1.30 bits per heavy atom. The Morgan fingerprint density at radius 2 is 2.00 bits per heavy atom. The first-order valence-electron chi connectivity index (χ1n) is 10.3. The van der Waals surface area contributed by atoms with Crippen molar-refractivity contribution in [2.24, 2.45) is 11.8 Å². The van der Waals surface area contributed by atoms with Crippen molar-refractivity contribution in [2.45, 2.75) is 45.6 Å². The van der Waals surface area contributed by atoms with Crippen molar-refractivity contribution in [1.29, 1.82) is 0 Å². The molecule has 0 radical (unpaired) electrons. The molecule has 0 aliphatic carbocycles. The summed E-state index contributed by atoms with van der Waals surface area (Å²) in [7, 11) is 3.79. The van der Waals surface area contributed by atoms with Crippen LogP contribution in [0.1, 0.15) is 38.7 Å². The molecule has 0 saturated carbocycles. The summed E-state index contributed by atoms with van der Waals surface area (Å²) in [6.45, 7) is 7.20. The number of methoxy groups -OCH3 is 1. The van der Waals surface area contributed by atoms with E-state index in [9.17, 15) is 9.90 Å². The van der Waals surface area contributed by atoms with Crippen LogP contribution in [0.3, 0.4) is 0 Å². The molecule has 1 aliphatic heterocycles. The number of carbonyl (C=O) groups is 1. The lowest BCUT2D eigenvalue weighted by molar-refractivity contribution is -0.132. The quantitative estimate of drug-likeness (QED) is 0.682. The molecule has 5 nitrogen and oxygen atoms in total. The van der Waals surface area contributed by atoms with Gasteiger partial charge in [-0.3, -0.25) is 4.79 Å². The van der Waals surface area contributed by atoms with Crippen molar-refractivity contribution >= 4 is 5.91 Å². The lowest BCUT2D eigenvalue weighted by Crippen LogP contribution is -2.43. The van der Waals surface area contributed by atoms with Crippen LogP contribution in [0.15, 0.2) is 24.3 Å². The van der Waals surface area contributed by atoms with Crippen LogP contribution < -0.4 is 4.74 Å². The summed E-state index contributed by atoms with van der Waals surface area (Å²) in [4.78, 5) is 17.3. The fourth-order valence-electron chi connectivity index (χ4n) is 4.19. The zero-order chi connectivity index (χ0) is 19.8. The Balaban J connectivity index is 2.05. The number of aliphatic hydroxyl groups is 1. The highest BCUT2D eigenvalue weighted by Gasteiger charge is 2.42. The Kier molecular flexibility index (Phi) is 8.58. The molecular formula is C22H36N2O3. The Labute approximate surface area is 164 Å². The largest absolute Gasteiger partial charge is 0.497 e. The van der Waals surface area contributed by atoms with Crippen molar-refractivity contribution in [3.8, 4) is 5.75 Å². The molecule has 0 unspecified atom stereocenters. The molecule has 5 heteroatoms. The number of hydrogen-bond acceptors (Lipinski definition) is 4. The minimum Gasteiger partial charge on any atom is -0.497 e. The maximum Gasteiger partial charge on any atom is 0.227 e. The van der Waals surface area contributed by atoms with Crippen LogP contribution in [0.4, 0.5) is 0 Å². The van der Waals surface area contributed by atoms with Crippen LogP contribution in [0.25, 0.3) is 0 Å². The van der Waals surface area contributed by atoms with Crippen molar-refractivity contribution in [3.63, 3.8) is 0 Å². The number of unbranched alkanes of at least 4 members (excludes halogenated alkanes) is 1. The predicted octanol–water partition coefficient (Wildman–Crippen LogP) is 2.82. The first-order valence-corrected chi connectivity index (χ1v) is 10.3. The molecule has 2 rings (SSSR count). The van der Waals surface area contributed by atoms with Gasteiger partial charge in [-0.05, 0) is 49.5 Å². The maximum atomic E-state index is 13.0. The van der Waals surface area contributed by atoms with Crippen LogP contribution in [0, 0.1) is 11.8 Å². The van der Waals surface area contributed by atoms with E-state index in [1.165, 1.54) is 12.8 Å². The van der Waals surface area contributed by atoms with Crippen molar-refractivity contribution < 1.29 is 14.6 Å². The molecule has 0 aromatic heterocycles. The number of hydrogen-bond donors (Lipinski definition) is 1. The average molecular weight is 377 g/mol. The van der Waals surface area contributed by atoms with Crippen LogP contribution in [-0.4, -0.2) is 67.3 Å². The van der Waals surface area contributed by atoms with Gasteiger partial charge in [-0.25, -0.2) is 0 Å². The second kappa shape index (κ2) is 10.7. The van der Waals surface area contributed by atoms with Crippen LogP contribution >= 0.6 is 0 Å². The molecule has 27 heavy (non-hydrogen) atoms. The summed E-state index contributed by atoms with van der Waals surface area (Å²) in [6, 6.07) is 7.57. The van der Waals surface area contributed by atoms with E-state index in [4.69, 9.17) is 4.74 Å². The van der Waals surface area contributed by atoms with Crippen molar-refractivity contribution in [1.82, 2.24) is 9.80 Å². The molecule has 1 N–H and O–H groups in total. The Morgan fingerprint density at radius 3 is 2.56 bits per heavy atom. The molecule has 1 aliphatic rings. The van der Waals surface area contributed by atoms with E-state index in [0.717, 1.165) is 37.4 Å². The summed E-state index contributed by atoms with van der Waals surface area (Å²) >= 11 is 0. The molecule has 1 amide bonds. The number of benzene rings is 1. The standard InChI is InChI=1S/C22H36N2O3/c1-5-7-12-23(3)15-20-18(6-2)14-24(21(20)16-25)22(26)13-17-8-10-19(27-4)11-9-17/h8-11,18,20-21,25H,5-7,12-16H2,1-4H3/t18-,20-,21-/m1/s1. The minimum atomic E-state index is -0.0789. The fourth-order valence-corrected chi connectivity index (χ4v) is 4.19. The number of ether oxygens (including phenoxy) is 1. The van der Waals surface area contributed by atoms with Crippen molar-refractivity contribution in [3.05, 3.63) is 29.8 Å². The SMILES string of the molecule is CCCCN(C)C[C@@H]1[C@H](CC)CN(C(=O)Cc2ccc(OC)cc2)[C@@H]1CO. The van der Waals surface area contributed by atoms with Gasteiger partial charge < -0.3 is 19.6 Å². The normalized spacial score (nSPS) is 22.4. The van der Waals surface area contributed by atoms with Gasteiger partial charge in [0.1, 0.15) is 5.75 Å². The van der Waals surface area contributed by atoms with Crippen LogP contribution in [0.5, 0.6) is 5.75 Å². The molecule has 152 valence electrons. The summed E-state index contributed by atoms with van der Waals surface area (Å²) in [5, 5.41) is 10.1. The van der Waals surface area contributed by atoms with Crippen molar-refractivity contribution in [2.75, 3.05) is 40.4 Å². The molecule has 1 fully saturated rings. The van der Waals surface area contributed by atoms with Gasteiger partial charge in [-0.15, -0.1) is 0 Å². The van der Waals surface area contributed by atoms with Crippen LogP contribution in [-0.2, 0) is 11.2 Å². The number of aliphatic hydroxyl groups excluding tert-OH is 1. The first-order chi connectivity index (χ1) is 13.0. The fraction of sp³-hybridized carbons (Fsp3) is 0.682. The van der Waals surface area contributed by atoms with Gasteiger partial charge in [-0.1, -0.05) is 38.8 Å². The molecule has 1 aromatic carbocycles. The number of amides is 1. The lowest BCUT2D eigenvalue weighted by Gasteiger charge is -2.30. The summed E-state index contributed by atoms with van der Waals surface area (Å²) in [5.41, 5.74) is 0.981. The Hall–Kier alpha value is -1.59. The summed E-state index contributed by atoms with van der Waals surface area (Å²) < 4.78 is 5.18. The molecule has 1 heterocycles. The van der Waals surface area contributed by atoms with E-state index >= 15 is 0 Å². The number of carbonyl (C=O) groups excluding carboxylic acids is 1. The summed E-state index contributed by atoms with van der Waals surface area (Å²) in [5.74, 6) is 1.69. The van der Waals surface area contributed by atoms with Gasteiger partial charge in [0.2, 0.25) is 5.91 Å². The van der Waals surface area contributed by atoms with Gasteiger partial charge in [-0.2, -0.15) is 0 Å². The van der Waals surface area contributed by atoms with E-state index in [0.29, 0.717) is 18.3 Å².